The SMILES string of the molecule is CC.CC(C)=C(O/N=C(\C)c1cccc2c1ccn2CC=O)c1ccc(C2CCCC2)c(C(F)(F)F)c1.CN. The van der Waals surface area contributed by atoms with Gasteiger partial charge in [0, 0.05) is 28.2 Å². The van der Waals surface area contributed by atoms with Gasteiger partial charge in [-0.25, -0.2) is 0 Å². The first kappa shape index (κ1) is 31.8. The number of aldehydes is 1. The van der Waals surface area contributed by atoms with Crippen LogP contribution in [0.2, 0.25) is 0 Å². The Morgan fingerprint density at radius 3 is 2.33 bits per heavy atom. The van der Waals surface area contributed by atoms with Crippen LogP contribution in [0, 0.1) is 0 Å². The van der Waals surface area contributed by atoms with E-state index in [0.29, 0.717) is 22.6 Å². The van der Waals surface area contributed by atoms with Crippen molar-refractivity contribution in [2.45, 2.75) is 78.9 Å². The van der Waals surface area contributed by atoms with E-state index in [9.17, 15) is 18.0 Å². The average Bonchev–Trinajstić information content (AvgIpc) is 3.61. The normalized spacial score (nSPS) is 13.7. The number of hydrogen-bond donors (Lipinski definition) is 1. The zero-order valence-corrected chi connectivity index (χ0v) is 23.7. The molecule has 39 heavy (non-hydrogen) atoms. The van der Waals surface area contributed by atoms with Crippen LogP contribution in [0.25, 0.3) is 16.7 Å². The Balaban J connectivity index is 0.00000127. The van der Waals surface area contributed by atoms with Gasteiger partial charge in [-0.05, 0) is 75.9 Å². The first-order valence-corrected chi connectivity index (χ1v) is 13.4. The molecule has 1 aliphatic carbocycles. The quantitative estimate of drug-likeness (QED) is 0.141. The number of oxime groups is 1. The summed E-state index contributed by atoms with van der Waals surface area (Å²) < 4.78 is 43.8. The van der Waals surface area contributed by atoms with Crippen LogP contribution in [-0.2, 0) is 22.4 Å². The number of fused-ring (bicyclic) bond motifs is 1. The zero-order valence-electron chi connectivity index (χ0n) is 23.7. The molecule has 1 aliphatic rings. The number of nitrogens with two attached hydrogens (primary N) is 1. The van der Waals surface area contributed by atoms with Crippen molar-refractivity contribution in [1.82, 2.24) is 4.57 Å². The van der Waals surface area contributed by atoms with E-state index >= 15 is 0 Å². The predicted molar refractivity (Wildman–Crippen MR) is 154 cm³/mol. The summed E-state index contributed by atoms with van der Waals surface area (Å²) in [5.41, 5.74) is 7.66. The standard InChI is InChI=1S/C28H29F3N2O2.C2H6.CH5N/c1-18(2)27(21-11-12-23(20-7-4-5-8-20)25(17-21)28(29,30)31)35-32-19(3)22-9-6-10-26-24(22)13-14-33(26)15-16-34;2*1-2/h6,9-14,16-17,20H,4-5,7-8,15H2,1-3H3;1-2H3;2H2,1H3/b32-19+;;. The average molecular weight is 544 g/mol. The molecule has 0 saturated heterocycles. The molecular formula is C31H40F3N3O2. The molecule has 0 spiro atoms. The highest BCUT2D eigenvalue weighted by atomic mass is 19.4. The van der Waals surface area contributed by atoms with E-state index in [1.54, 1.807) is 32.9 Å². The molecule has 0 aliphatic heterocycles. The van der Waals surface area contributed by atoms with E-state index in [-0.39, 0.29) is 12.5 Å². The van der Waals surface area contributed by atoms with Crippen molar-refractivity contribution in [2.24, 2.45) is 10.9 Å². The number of alkyl halides is 3. The van der Waals surface area contributed by atoms with Gasteiger partial charge in [-0.2, -0.15) is 13.2 Å². The summed E-state index contributed by atoms with van der Waals surface area (Å²) in [5.74, 6) is 0.252. The van der Waals surface area contributed by atoms with E-state index in [1.165, 1.54) is 13.1 Å². The number of carbonyl (C=O) groups is 1. The van der Waals surface area contributed by atoms with Crippen LogP contribution in [0.3, 0.4) is 0 Å². The summed E-state index contributed by atoms with van der Waals surface area (Å²) in [5, 5.41) is 5.20. The third kappa shape index (κ3) is 7.60. The Hall–Kier alpha value is -3.39. The summed E-state index contributed by atoms with van der Waals surface area (Å²) >= 11 is 0. The fourth-order valence-corrected chi connectivity index (χ4v) is 4.91. The summed E-state index contributed by atoms with van der Waals surface area (Å²) in [7, 11) is 1.50. The number of nitrogens with zero attached hydrogens (tertiary/aromatic N) is 2. The maximum atomic E-state index is 14.0. The van der Waals surface area contributed by atoms with E-state index < -0.39 is 11.7 Å². The highest BCUT2D eigenvalue weighted by molar-refractivity contribution is 6.09. The molecule has 0 atom stereocenters. The predicted octanol–water partition coefficient (Wildman–Crippen LogP) is 8.31. The van der Waals surface area contributed by atoms with Crippen LogP contribution in [0.1, 0.15) is 88.5 Å². The summed E-state index contributed by atoms with van der Waals surface area (Å²) in [4.78, 5) is 16.7. The smallest absolute Gasteiger partial charge is 0.356 e. The van der Waals surface area contributed by atoms with Gasteiger partial charge in [-0.3, -0.25) is 0 Å². The molecule has 2 N–H and O–H groups in total. The number of benzene rings is 2. The Morgan fingerprint density at radius 2 is 1.74 bits per heavy atom. The Kier molecular flexibility index (Phi) is 12.0. The van der Waals surface area contributed by atoms with Gasteiger partial charge in [0.2, 0.25) is 0 Å². The molecule has 1 saturated carbocycles. The first-order valence-electron chi connectivity index (χ1n) is 13.4. The van der Waals surface area contributed by atoms with Crippen molar-refractivity contribution in [3.63, 3.8) is 0 Å². The second-order valence-corrected chi connectivity index (χ2v) is 9.25. The molecule has 5 nitrogen and oxygen atoms in total. The van der Waals surface area contributed by atoms with Gasteiger partial charge < -0.3 is 19.9 Å². The molecule has 0 unspecified atom stereocenters. The van der Waals surface area contributed by atoms with Crippen LogP contribution >= 0.6 is 0 Å². The lowest BCUT2D eigenvalue weighted by Gasteiger charge is -2.19. The number of carbonyl (C=O) groups excluding carboxylic acids is 1. The highest BCUT2D eigenvalue weighted by Crippen LogP contribution is 2.42. The molecule has 1 fully saturated rings. The number of rotatable bonds is 7. The van der Waals surface area contributed by atoms with Gasteiger partial charge in [0.25, 0.3) is 0 Å². The second-order valence-electron chi connectivity index (χ2n) is 9.25. The Bertz CT molecular complexity index is 1300. The van der Waals surface area contributed by atoms with Crippen LogP contribution in [-0.4, -0.2) is 23.6 Å². The Labute approximate surface area is 229 Å². The van der Waals surface area contributed by atoms with Crippen molar-refractivity contribution in [3.8, 4) is 0 Å². The fraction of sp³-hybridized carbons (Fsp3) is 0.419. The third-order valence-corrected chi connectivity index (χ3v) is 6.62. The largest absolute Gasteiger partial charge is 0.416 e. The molecule has 0 amide bonds. The van der Waals surface area contributed by atoms with E-state index in [4.69, 9.17) is 4.84 Å². The molecule has 0 radical (unpaired) electrons. The number of allylic oxidation sites excluding steroid dienone is 1. The number of halogens is 3. The number of hydrogen-bond acceptors (Lipinski definition) is 4. The minimum absolute atomic E-state index is 0.0518. The van der Waals surface area contributed by atoms with Crippen molar-refractivity contribution >= 4 is 28.7 Å². The molecular weight excluding hydrogens is 503 g/mol. The van der Waals surface area contributed by atoms with Crippen molar-refractivity contribution in [1.29, 1.82) is 0 Å². The minimum atomic E-state index is -4.44. The minimum Gasteiger partial charge on any atom is -0.356 e. The van der Waals surface area contributed by atoms with Gasteiger partial charge in [0.05, 0.1) is 17.8 Å². The maximum Gasteiger partial charge on any atom is 0.416 e. The van der Waals surface area contributed by atoms with Crippen LogP contribution in [0.4, 0.5) is 13.2 Å². The molecule has 1 aromatic heterocycles. The molecule has 1 heterocycles. The van der Waals surface area contributed by atoms with Crippen molar-refractivity contribution in [3.05, 3.63) is 76.5 Å². The molecule has 212 valence electrons. The molecule has 4 rings (SSSR count). The van der Waals surface area contributed by atoms with Gasteiger partial charge in [-0.15, -0.1) is 0 Å². The van der Waals surface area contributed by atoms with Gasteiger partial charge in [0.15, 0.2) is 5.76 Å². The van der Waals surface area contributed by atoms with Crippen LogP contribution in [0.5, 0.6) is 0 Å². The van der Waals surface area contributed by atoms with E-state index in [0.717, 1.165) is 54.0 Å². The zero-order chi connectivity index (χ0) is 29.2. The number of aromatic nitrogens is 1. The summed E-state index contributed by atoms with van der Waals surface area (Å²) in [6, 6.07) is 12.1. The molecule has 8 heteroatoms. The highest BCUT2D eigenvalue weighted by Gasteiger charge is 2.36. The van der Waals surface area contributed by atoms with Crippen LogP contribution in [0.15, 0.2) is 59.4 Å². The monoisotopic (exact) mass is 543 g/mol. The summed E-state index contributed by atoms with van der Waals surface area (Å²) in [6.07, 6.45) is 1.74. The first-order chi connectivity index (χ1) is 18.7. The van der Waals surface area contributed by atoms with E-state index in [2.05, 4.69) is 10.9 Å². The van der Waals surface area contributed by atoms with Crippen molar-refractivity contribution in [2.75, 3.05) is 7.05 Å². The maximum absolute atomic E-state index is 14.0. The van der Waals surface area contributed by atoms with Gasteiger partial charge in [-0.1, -0.05) is 56.1 Å². The topological polar surface area (TPSA) is 69.6 Å². The summed E-state index contributed by atoms with van der Waals surface area (Å²) in [6.45, 7) is 9.62. The fourth-order valence-electron chi connectivity index (χ4n) is 4.91. The lowest BCUT2D eigenvalue weighted by atomic mass is 9.90. The van der Waals surface area contributed by atoms with Crippen molar-refractivity contribution < 1.29 is 22.8 Å². The third-order valence-electron chi connectivity index (χ3n) is 6.62. The molecule has 0 bridgehead atoms. The van der Waals surface area contributed by atoms with Gasteiger partial charge in [0.1, 0.15) is 6.29 Å². The molecule has 3 aromatic rings. The van der Waals surface area contributed by atoms with Crippen LogP contribution < -0.4 is 5.73 Å². The lowest BCUT2D eigenvalue weighted by Crippen LogP contribution is -2.12. The Morgan fingerprint density at radius 1 is 1.08 bits per heavy atom. The van der Waals surface area contributed by atoms with E-state index in [1.807, 2.05) is 48.9 Å². The molecule has 2 aromatic carbocycles. The second kappa shape index (κ2) is 14.7. The van der Waals surface area contributed by atoms with Gasteiger partial charge >= 0.3 is 6.18 Å². The lowest BCUT2D eigenvalue weighted by molar-refractivity contribution is -0.138.